The van der Waals surface area contributed by atoms with E-state index in [0.29, 0.717) is 12.2 Å². The molecule has 0 bridgehead atoms. The Hall–Kier alpha value is -2.28. The first-order valence-electron chi connectivity index (χ1n) is 7.95. The molecule has 0 radical (unpaired) electrons. The summed E-state index contributed by atoms with van der Waals surface area (Å²) in [5, 5.41) is 12.6. The number of nitrogens with one attached hydrogen (secondary N) is 1. The van der Waals surface area contributed by atoms with Crippen molar-refractivity contribution in [3.8, 4) is 0 Å². The van der Waals surface area contributed by atoms with E-state index in [0.717, 1.165) is 5.56 Å². The molecule has 24 heavy (non-hydrogen) atoms. The highest BCUT2D eigenvalue weighted by atomic mass is 16.6. The molecule has 1 aromatic carbocycles. The topological polar surface area (TPSA) is 105 Å². The van der Waals surface area contributed by atoms with Crippen molar-refractivity contribution in [2.24, 2.45) is 0 Å². The third kappa shape index (κ3) is 4.86. The molecule has 0 aromatic heterocycles. The van der Waals surface area contributed by atoms with Crippen LogP contribution in [0.5, 0.6) is 0 Å². The van der Waals surface area contributed by atoms with Gasteiger partial charge in [0.25, 0.3) is 0 Å². The summed E-state index contributed by atoms with van der Waals surface area (Å²) < 4.78 is 5.31. The molecule has 2 atom stereocenters. The normalized spacial score (nSPS) is 20.8. The van der Waals surface area contributed by atoms with Crippen LogP contribution in [-0.4, -0.2) is 46.3 Å². The minimum absolute atomic E-state index is 0.0886. The molecule has 0 saturated carbocycles. The molecule has 2 rings (SSSR count). The summed E-state index contributed by atoms with van der Waals surface area (Å²) in [4.78, 5) is 25.9. The van der Waals surface area contributed by atoms with Crippen molar-refractivity contribution in [2.75, 3.05) is 12.3 Å². The van der Waals surface area contributed by atoms with Crippen LogP contribution in [0.1, 0.15) is 32.8 Å². The third-order valence-corrected chi connectivity index (χ3v) is 3.63. The Labute approximate surface area is 141 Å². The zero-order valence-electron chi connectivity index (χ0n) is 14.3. The van der Waals surface area contributed by atoms with Crippen LogP contribution in [0.15, 0.2) is 24.3 Å². The number of amides is 2. The number of nitrogens with zero attached hydrogens (tertiary/aromatic N) is 1. The van der Waals surface area contributed by atoms with Gasteiger partial charge in [0.05, 0.1) is 12.6 Å². The maximum Gasteiger partial charge on any atom is 0.411 e. The summed E-state index contributed by atoms with van der Waals surface area (Å²) in [5.41, 5.74) is 6.54. The van der Waals surface area contributed by atoms with Gasteiger partial charge in [-0.05, 0) is 38.5 Å². The molecule has 1 aromatic rings. The molecular formula is C17H25N3O4. The van der Waals surface area contributed by atoms with Crippen LogP contribution in [0.2, 0.25) is 0 Å². The van der Waals surface area contributed by atoms with Crippen LogP contribution in [0, 0.1) is 0 Å². The second-order valence-corrected chi connectivity index (χ2v) is 7.00. The van der Waals surface area contributed by atoms with E-state index in [1.54, 1.807) is 32.9 Å². The molecule has 1 aliphatic heterocycles. The van der Waals surface area contributed by atoms with Crippen molar-refractivity contribution in [1.29, 1.82) is 0 Å². The minimum Gasteiger partial charge on any atom is -0.444 e. The maximum atomic E-state index is 12.4. The van der Waals surface area contributed by atoms with E-state index < -0.39 is 23.8 Å². The van der Waals surface area contributed by atoms with Crippen molar-refractivity contribution in [2.45, 2.75) is 51.5 Å². The minimum atomic E-state index is -0.740. The first-order valence-corrected chi connectivity index (χ1v) is 7.95. The van der Waals surface area contributed by atoms with Crippen molar-refractivity contribution in [3.05, 3.63) is 29.8 Å². The monoisotopic (exact) mass is 335 g/mol. The van der Waals surface area contributed by atoms with E-state index >= 15 is 0 Å². The van der Waals surface area contributed by atoms with Crippen LogP contribution in [0.3, 0.4) is 0 Å². The van der Waals surface area contributed by atoms with Gasteiger partial charge in [-0.15, -0.1) is 0 Å². The van der Waals surface area contributed by atoms with Crippen molar-refractivity contribution in [1.82, 2.24) is 10.2 Å². The zero-order valence-corrected chi connectivity index (χ0v) is 14.3. The number of aliphatic hydroxyl groups is 1. The molecule has 1 heterocycles. The quantitative estimate of drug-likeness (QED) is 0.721. The average molecular weight is 335 g/mol. The highest BCUT2D eigenvalue weighted by Gasteiger charge is 2.40. The molecule has 1 fully saturated rings. The van der Waals surface area contributed by atoms with Crippen molar-refractivity contribution < 1.29 is 19.4 Å². The van der Waals surface area contributed by atoms with E-state index in [2.05, 4.69) is 5.32 Å². The Morgan fingerprint density at radius 3 is 2.75 bits per heavy atom. The number of nitrogens with two attached hydrogens (primary N) is 1. The summed E-state index contributed by atoms with van der Waals surface area (Å²) in [5.74, 6) is -0.320. The van der Waals surface area contributed by atoms with Gasteiger partial charge in [0, 0.05) is 18.7 Å². The number of benzene rings is 1. The van der Waals surface area contributed by atoms with Crippen LogP contribution in [0.4, 0.5) is 10.5 Å². The van der Waals surface area contributed by atoms with Gasteiger partial charge in [-0.25, -0.2) is 4.79 Å². The van der Waals surface area contributed by atoms with Gasteiger partial charge in [-0.1, -0.05) is 12.1 Å². The highest BCUT2D eigenvalue weighted by molar-refractivity contribution is 5.86. The predicted octanol–water partition coefficient (Wildman–Crippen LogP) is 1.26. The number of β-amino-alcohol motifs (C(OH)–C–C–N with tert-alkyl or cyclic N) is 1. The summed E-state index contributed by atoms with van der Waals surface area (Å²) in [6, 6.07) is 6.46. The molecule has 1 aliphatic rings. The summed E-state index contributed by atoms with van der Waals surface area (Å²) in [6.45, 7) is 5.66. The lowest BCUT2D eigenvalue weighted by atomic mass is 10.1. The first-order chi connectivity index (χ1) is 11.2. The van der Waals surface area contributed by atoms with Gasteiger partial charge in [0.2, 0.25) is 5.91 Å². The molecule has 0 aliphatic carbocycles. The largest absolute Gasteiger partial charge is 0.444 e. The Morgan fingerprint density at radius 2 is 2.12 bits per heavy atom. The molecule has 7 heteroatoms. The van der Waals surface area contributed by atoms with E-state index in [4.69, 9.17) is 10.5 Å². The number of aliphatic hydroxyl groups excluding tert-OH is 1. The number of anilines is 1. The molecule has 4 N–H and O–H groups in total. The number of rotatable bonds is 3. The Balaban J connectivity index is 1.99. The van der Waals surface area contributed by atoms with Crippen molar-refractivity contribution in [3.63, 3.8) is 0 Å². The number of nitrogen functional groups attached to an aromatic ring is 1. The van der Waals surface area contributed by atoms with Gasteiger partial charge in [0.1, 0.15) is 11.6 Å². The van der Waals surface area contributed by atoms with Crippen molar-refractivity contribution >= 4 is 17.7 Å². The standard InChI is InChI=1S/C17H25N3O4/c1-17(2,3)24-16(23)20-10-13(21)8-14(20)15(22)19-9-11-5-4-6-12(18)7-11/h4-7,13-14,21H,8-10,18H2,1-3H3,(H,19,22)/t13-,14+/m1/s1. The molecular weight excluding hydrogens is 310 g/mol. The second kappa shape index (κ2) is 7.09. The Bertz CT molecular complexity index is 612. The van der Waals surface area contributed by atoms with Gasteiger partial charge in [-0.2, -0.15) is 0 Å². The SMILES string of the molecule is CC(C)(C)OC(=O)N1C[C@H](O)C[C@H]1C(=O)NCc1cccc(N)c1. The number of ether oxygens (including phenoxy) is 1. The average Bonchev–Trinajstić information content (AvgIpc) is 2.85. The number of hydrogen-bond acceptors (Lipinski definition) is 5. The zero-order chi connectivity index (χ0) is 17.9. The Morgan fingerprint density at radius 1 is 1.42 bits per heavy atom. The van der Waals surface area contributed by atoms with E-state index in [9.17, 15) is 14.7 Å². The molecule has 1 saturated heterocycles. The lowest BCUT2D eigenvalue weighted by Crippen LogP contribution is -2.47. The van der Waals surface area contributed by atoms with E-state index in [1.165, 1.54) is 4.90 Å². The fourth-order valence-corrected chi connectivity index (χ4v) is 2.59. The number of likely N-dealkylation sites (tertiary alicyclic amines) is 1. The first kappa shape index (κ1) is 18.1. The van der Waals surface area contributed by atoms with Crippen LogP contribution >= 0.6 is 0 Å². The van der Waals surface area contributed by atoms with E-state index in [-0.39, 0.29) is 18.9 Å². The van der Waals surface area contributed by atoms with Crippen LogP contribution < -0.4 is 11.1 Å². The third-order valence-electron chi connectivity index (χ3n) is 3.63. The molecule has 7 nitrogen and oxygen atoms in total. The predicted molar refractivity (Wildman–Crippen MR) is 90.1 cm³/mol. The van der Waals surface area contributed by atoms with E-state index in [1.807, 2.05) is 12.1 Å². The molecule has 2 amide bonds. The Kier molecular flexibility index (Phi) is 5.33. The molecule has 0 spiro atoms. The van der Waals surface area contributed by atoms with Gasteiger partial charge >= 0.3 is 6.09 Å². The number of carbonyl (C=O) groups is 2. The second-order valence-electron chi connectivity index (χ2n) is 7.00. The smallest absolute Gasteiger partial charge is 0.411 e. The van der Waals surface area contributed by atoms with Gasteiger partial charge in [0.15, 0.2) is 0 Å². The summed E-state index contributed by atoms with van der Waals surface area (Å²) in [6.07, 6.45) is -1.13. The number of carbonyl (C=O) groups excluding carboxylic acids is 2. The fourth-order valence-electron chi connectivity index (χ4n) is 2.59. The lowest BCUT2D eigenvalue weighted by molar-refractivity contribution is -0.125. The lowest BCUT2D eigenvalue weighted by Gasteiger charge is -2.27. The fraction of sp³-hybridized carbons (Fsp3) is 0.529. The number of hydrogen-bond donors (Lipinski definition) is 3. The van der Waals surface area contributed by atoms with Crippen LogP contribution in [-0.2, 0) is 16.1 Å². The summed E-state index contributed by atoms with van der Waals surface area (Å²) in [7, 11) is 0. The molecule has 132 valence electrons. The highest BCUT2D eigenvalue weighted by Crippen LogP contribution is 2.21. The molecule has 0 unspecified atom stereocenters. The van der Waals surface area contributed by atoms with Crippen LogP contribution in [0.25, 0.3) is 0 Å². The van der Waals surface area contributed by atoms with Gasteiger partial charge < -0.3 is 20.9 Å². The maximum absolute atomic E-state index is 12.4. The summed E-state index contributed by atoms with van der Waals surface area (Å²) >= 11 is 0. The van der Waals surface area contributed by atoms with Gasteiger partial charge in [-0.3, -0.25) is 9.69 Å².